The van der Waals surface area contributed by atoms with E-state index in [1.165, 1.54) is 12.7 Å². The summed E-state index contributed by atoms with van der Waals surface area (Å²) in [5, 5.41) is 7.54. The Labute approximate surface area is 164 Å². The number of nitrogens with one attached hydrogen (secondary N) is 1. The highest BCUT2D eigenvalue weighted by molar-refractivity contribution is 5.96. The van der Waals surface area contributed by atoms with Crippen molar-refractivity contribution in [3.63, 3.8) is 0 Å². The Kier molecular flexibility index (Phi) is 5.89. The molecule has 1 amide bonds. The Balaban J connectivity index is 1.67. The molecule has 6 heteroatoms. The van der Waals surface area contributed by atoms with Crippen LogP contribution in [0.25, 0.3) is 0 Å². The first-order valence-corrected chi connectivity index (χ1v) is 9.03. The van der Waals surface area contributed by atoms with Crippen LogP contribution in [0.1, 0.15) is 43.2 Å². The van der Waals surface area contributed by atoms with Crippen LogP contribution in [0.2, 0.25) is 0 Å². The van der Waals surface area contributed by atoms with Crippen molar-refractivity contribution < 1.29 is 14.3 Å². The molecule has 0 aliphatic rings. The number of aromatic nitrogens is 2. The number of rotatable bonds is 6. The van der Waals surface area contributed by atoms with Crippen molar-refractivity contribution in [2.45, 2.75) is 26.9 Å². The molecule has 0 saturated carbocycles. The van der Waals surface area contributed by atoms with Gasteiger partial charge in [0.25, 0.3) is 5.91 Å². The number of methoxy groups -OCH3 is 1. The number of aryl methyl sites for hydroxylation is 1. The van der Waals surface area contributed by atoms with Gasteiger partial charge in [0.05, 0.1) is 24.9 Å². The minimum absolute atomic E-state index is 0.203. The fraction of sp³-hybridized carbons (Fsp3) is 0.227. The van der Waals surface area contributed by atoms with Crippen molar-refractivity contribution in [3.8, 4) is 0 Å². The summed E-state index contributed by atoms with van der Waals surface area (Å²) in [6.45, 7) is 5.04. The number of ether oxygens (including phenoxy) is 1. The van der Waals surface area contributed by atoms with Gasteiger partial charge in [0.2, 0.25) is 0 Å². The summed E-state index contributed by atoms with van der Waals surface area (Å²) in [7, 11) is 1.32. The number of benzene rings is 2. The van der Waals surface area contributed by atoms with Crippen LogP contribution in [0, 0.1) is 13.8 Å². The van der Waals surface area contributed by atoms with Gasteiger partial charge in [-0.25, -0.2) is 4.79 Å². The van der Waals surface area contributed by atoms with Crippen molar-refractivity contribution in [1.82, 2.24) is 15.1 Å². The van der Waals surface area contributed by atoms with E-state index in [2.05, 4.69) is 27.3 Å². The van der Waals surface area contributed by atoms with Crippen LogP contribution in [0.15, 0.2) is 54.6 Å². The van der Waals surface area contributed by atoms with Crippen molar-refractivity contribution in [2.24, 2.45) is 0 Å². The standard InChI is InChI=1S/C22H23N3O3/c1-15-20(16(2)25(24-15)14-17-7-5-4-6-8-17)13-23-21(26)18-9-11-19(12-10-18)22(27)28-3/h4-12H,13-14H2,1-3H3,(H,23,26). The molecule has 1 aromatic heterocycles. The van der Waals surface area contributed by atoms with Crippen molar-refractivity contribution in [2.75, 3.05) is 7.11 Å². The molecule has 1 N–H and O–H groups in total. The summed E-state index contributed by atoms with van der Waals surface area (Å²) in [4.78, 5) is 23.9. The molecule has 0 aliphatic heterocycles. The number of carbonyl (C=O) groups excluding carboxylic acids is 2. The Morgan fingerprint density at radius 1 is 1.00 bits per heavy atom. The number of hydrogen-bond donors (Lipinski definition) is 1. The first-order chi connectivity index (χ1) is 13.5. The molecule has 6 nitrogen and oxygen atoms in total. The zero-order valence-electron chi connectivity index (χ0n) is 16.2. The average Bonchev–Trinajstić information content (AvgIpc) is 2.99. The molecule has 0 unspecified atom stereocenters. The molecule has 2 aromatic carbocycles. The lowest BCUT2D eigenvalue weighted by atomic mass is 10.1. The van der Waals surface area contributed by atoms with Gasteiger partial charge in [0, 0.05) is 23.4 Å². The predicted molar refractivity (Wildman–Crippen MR) is 106 cm³/mol. The van der Waals surface area contributed by atoms with Crippen LogP contribution in [-0.4, -0.2) is 28.8 Å². The van der Waals surface area contributed by atoms with E-state index in [0.717, 1.165) is 17.0 Å². The van der Waals surface area contributed by atoms with Crippen molar-refractivity contribution in [1.29, 1.82) is 0 Å². The van der Waals surface area contributed by atoms with Gasteiger partial charge in [0.15, 0.2) is 0 Å². The van der Waals surface area contributed by atoms with Crippen LogP contribution in [0.5, 0.6) is 0 Å². The van der Waals surface area contributed by atoms with Gasteiger partial charge >= 0.3 is 5.97 Å². The van der Waals surface area contributed by atoms with Crippen LogP contribution in [0.4, 0.5) is 0 Å². The lowest BCUT2D eigenvalue weighted by molar-refractivity contribution is 0.0600. The van der Waals surface area contributed by atoms with Crippen LogP contribution < -0.4 is 5.32 Å². The number of hydrogen-bond acceptors (Lipinski definition) is 4. The van der Waals surface area contributed by atoms with E-state index in [-0.39, 0.29) is 5.91 Å². The third-order valence-electron chi connectivity index (χ3n) is 4.70. The maximum absolute atomic E-state index is 12.4. The van der Waals surface area contributed by atoms with E-state index in [4.69, 9.17) is 0 Å². The van der Waals surface area contributed by atoms with Crippen molar-refractivity contribution >= 4 is 11.9 Å². The van der Waals surface area contributed by atoms with E-state index in [0.29, 0.717) is 24.2 Å². The molecular weight excluding hydrogens is 354 g/mol. The number of carbonyl (C=O) groups is 2. The molecule has 0 spiro atoms. The molecule has 144 valence electrons. The highest BCUT2D eigenvalue weighted by Gasteiger charge is 2.14. The highest BCUT2D eigenvalue weighted by Crippen LogP contribution is 2.15. The summed E-state index contributed by atoms with van der Waals surface area (Å²) in [5.74, 6) is -0.630. The van der Waals surface area contributed by atoms with Gasteiger partial charge < -0.3 is 10.1 Å². The second-order valence-electron chi connectivity index (χ2n) is 6.54. The minimum Gasteiger partial charge on any atom is -0.465 e. The summed E-state index contributed by atoms with van der Waals surface area (Å²) in [5.41, 5.74) is 5.01. The van der Waals surface area contributed by atoms with Gasteiger partial charge in [0.1, 0.15) is 0 Å². The maximum Gasteiger partial charge on any atom is 0.337 e. The second kappa shape index (κ2) is 8.52. The van der Waals surface area contributed by atoms with E-state index < -0.39 is 5.97 Å². The molecular formula is C22H23N3O3. The number of nitrogens with zero attached hydrogens (tertiary/aromatic N) is 2. The Morgan fingerprint density at radius 2 is 1.64 bits per heavy atom. The lowest BCUT2D eigenvalue weighted by Crippen LogP contribution is -2.23. The molecule has 1 heterocycles. The van der Waals surface area contributed by atoms with Gasteiger partial charge in [-0.15, -0.1) is 0 Å². The molecule has 28 heavy (non-hydrogen) atoms. The van der Waals surface area contributed by atoms with Crippen molar-refractivity contribution in [3.05, 3.63) is 88.2 Å². The molecule has 0 bridgehead atoms. The first-order valence-electron chi connectivity index (χ1n) is 9.03. The summed E-state index contributed by atoms with van der Waals surface area (Å²) in [6.07, 6.45) is 0. The molecule has 0 fully saturated rings. The van der Waals surface area contributed by atoms with Gasteiger partial charge in [-0.3, -0.25) is 9.48 Å². The lowest BCUT2D eigenvalue weighted by Gasteiger charge is -2.08. The topological polar surface area (TPSA) is 73.2 Å². The third-order valence-corrected chi connectivity index (χ3v) is 4.70. The summed E-state index contributed by atoms with van der Waals surface area (Å²) >= 11 is 0. The average molecular weight is 377 g/mol. The van der Waals surface area contributed by atoms with E-state index in [1.807, 2.05) is 36.7 Å². The monoisotopic (exact) mass is 377 g/mol. The fourth-order valence-electron chi connectivity index (χ4n) is 3.05. The van der Waals surface area contributed by atoms with Crippen LogP contribution in [0.3, 0.4) is 0 Å². The zero-order chi connectivity index (χ0) is 20.1. The fourth-order valence-corrected chi connectivity index (χ4v) is 3.05. The summed E-state index contributed by atoms with van der Waals surface area (Å²) in [6, 6.07) is 16.5. The SMILES string of the molecule is COC(=O)c1ccc(C(=O)NCc2c(C)nn(Cc3ccccc3)c2C)cc1. The van der Waals surface area contributed by atoms with E-state index >= 15 is 0 Å². The number of esters is 1. The van der Waals surface area contributed by atoms with Gasteiger partial charge in [-0.05, 0) is 43.7 Å². The summed E-state index contributed by atoms with van der Waals surface area (Å²) < 4.78 is 6.62. The Bertz CT molecular complexity index is 976. The quantitative estimate of drug-likeness (QED) is 0.669. The molecule has 0 radical (unpaired) electrons. The van der Waals surface area contributed by atoms with E-state index in [1.54, 1.807) is 24.3 Å². The Hall–Kier alpha value is -3.41. The van der Waals surface area contributed by atoms with Gasteiger partial charge in [-0.2, -0.15) is 5.10 Å². The zero-order valence-corrected chi connectivity index (χ0v) is 16.2. The molecule has 3 aromatic rings. The molecule has 3 rings (SSSR count). The van der Waals surface area contributed by atoms with Gasteiger partial charge in [-0.1, -0.05) is 30.3 Å². The normalized spacial score (nSPS) is 10.5. The van der Waals surface area contributed by atoms with Crippen LogP contribution in [-0.2, 0) is 17.8 Å². The highest BCUT2D eigenvalue weighted by atomic mass is 16.5. The molecule has 0 atom stereocenters. The second-order valence-corrected chi connectivity index (χ2v) is 6.54. The Morgan fingerprint density at radius 3 is 2.29 bits per heavy atom. The third kappa shape index (κ3) is 4.28. The van der Waals surface area contributed by atoms with E-state index in [9.17, 15) is 9.59 Å². The number of amides is 1. The molecule has 0 saturated heterocycles. The largest absolute Gasteiger partial charge is 0.465 e. The predicted octanol–water partition coefficient (Wildman–Crippen LogP) is 3.26. The van der Waals surface area contributed by atoms with Crippen LogP contribution >= 0.6 is 0 Å². The minimum atomic E-state index is -0.427. The molecule has 0 aliphatic carbocycles. The maximum atomic E-state index is 12.4. The smallest absolute Gasteiger partial charge is 0.337 e. The first kappa shape index (κ1) is 19.4.